The summed E-state index contributed by atoms with van der Waals surface area (Å²) in [4.78, 5) is 25.3. The molecule has 0 radical (unpaired) electrons. The van der Waals surface area contributed by atoms with Crippen molar-refractivity contribution < 1.29 is 18.4 Å². The third kappa shape index (κ3) is 3.98. The molecule has 4 rings (SSSR count). The zero-order valence-electron chi connectivity index (χ0n) is 16.7. The van der Waals surface area contributed by atoms with E-state index in [1.165, 1.54) is 0 Å². The van der Waals surface area contributed by atoms with Crippen molar-refractivity contribution in [3.05, 3.63) is 88.7 Å². The first-order valence-corrected chi connectivity index (χ1v) is 9.62. The van der Waals surface area contributed by atoms with Gasteiger partial charge in [0.15, 0.2) is 6.10 Å². The smallest absolute Gasteiger partial charge is 0.261 e. The highest BCUT2D eigenvalue weighted by Gasteiger charge is 2.17. The van der Waals surface area contributed by atoms with Gasteiger partial charge in [-0.05, 0) is 43.7 Å². The van der Waals surface area contributed by atoms with E-state index in [1.807, 2.05) is 30.3 Å². The molecule has 2 heterocycles. The van der Waals surface area contributed by atoms with E-state index in [0.29, 0.717) is 33.8 Å². The molecule has 0 aliphatic rings. The Hall–Kier alpha value is -3.80. The van der Waals surface area contributed by atoms with Gasteiger partial charge in [0.25, 0.3) is 5.91 Å². The molecule has 152 valence electrons. The highest BCUT2D eigenvalue weighted by atomic mass is 16.5. The second-order valence-corrected chi connectivity index (χ2v) is 6.94. The Morgan fingerprint density at radius 1 is 1.10 bits per heavy atom. The van der Waals surface area contributed by atoms with Crippen LogP contribution in [0.1, 0.15) is 18.4 Å². The second kappa shape index (κ2) is 8.29. The molecule has 1 atom stereocenters. The Balaban J connectivity index is 1.55. The summed E-state index contributed by atoms with van der Waals surface area (Å²) in [6, 6.07) is 17.9. The average Bonchev–Trinajstić information content (AvgIpc) is 3.26. The van der Waals surface area contributed by atoms with Gasteiger partial charge in [-0.2, -0.15) is 0 Å². The molecule has 0 saturated heterocycles. The van der Waals surface area contributed by atoms with Crippen LogP contribution in [-0.2, 0) is 11.3 Å². The first-order valence-electron chi connectivity index (χ1n) is 9.62. The molecule has 0 saturated carbocycles. The minimum Gasteiger partial charge on any atom is -0.481 e. The number of furan rings is 1. The van der Waals surface area contributed by atoms with Gasteiger partial charge in [0, 0.05) is 6.07 Å². The summed E-state index contributed by atoms with van der Waals surface area (Å²) in [5, 5.41) is 3.21. The summed E-state index contributed by atoms with van der Waals surface area (Å²) in [5.41, 5.74) is 1.67. The third-order valence-corrected chi connectivity index (χ3v) is 4.80. The zero-order valence-corrected chi connectivity index (χ0v) is 16.7. The quantitative estimate of drug-likeness (QED) is 0.515. The molecule has 6 nitrogen and oxygen atoms in total. The van der Waals surface area contributed by atoms with Gasteiger partial charge in [-0.3, -0.25) is 9.59 Å². The van der Waals surface area contributed by atoms with Gasteiger partial charge in [-0.1, -0.05) is 30.3 Å². The Kier molecular flexibility index (Phi) is 5.39. The fraction of sp³-hybridized carbons (Fsp3) is 0.167. The number of rotatable bonds is 6. The Labute approximate surface area is 173 Å². The molecule has 1 amide bonds. The van der Waals surface area contributed by atoms with Gasteiger partial charge in [0.1, 0.15) is 22.9 Å². The number of benzene rings is 2. The molecule has 0 bridgehead atoms. The molecule has 6 heteroatoms. The van der Waals surface area contributed by atoms with Crippen LogP contribution in [0.2, 0.25) is 0 Å². The van der Waals surface area contributed by atoms with E-state index in [1.54, 1.807) is 50.4 Å². The SMILES string of the molecule is Cc1oc2cc(O[C@H](C)C(=O)NCc3ccco3)ccc2c(=O)c1-c1ccccc1. The van der Waals surface area contributed by atoms with Crippen LogP contribution in [0, 0.1) is 6.92 Å². The first-order chi connectivity index (χ1) is 14.5. The van der Waals surface area contributed by atoms with Crippen LogP contribution >= 0.6 is 0 Å². The Bertz CT molecular complexity index is 1230. The molecule has 2 aromatic heterocycles. The normalized spacial score (nSPS) is 11.9. The standard InChI is InChI=1S/C24H21NO5/c1-15-22(17-7-4-3-5-8-17)23(26)20-11-10-18(13-21(20)30-15)29-16(2)24(27)25-14-19-9-6-12-28-19/h3-13,16H,14H2,1-2H3,(H,25,27)/t16-/m1/s1. The minimum atomic E-state index is -0.728. The minimum absolute atomic E-state index is 0.101. The van der Waals surface area contributed by atoms with Crippen LogP contribution in [0.4, 0.5) is 0 Å². The van der Waals surface area contributed by atoms with Gasteiger partial charge < -0.3 is 18.9 Å². The largest absolute Gasteiger partial charge is 0.481 e. The number of hydrogen-bond acceptors (Lipinski definition) is 5. The summed E-state index contributed by atoms with van der Waals surface area (Å²) >= 11 is 0. The van der Waals surface area contributed by atoms with Crippen LogP contribution in [0.15, 0.2) is 80.6 Å². The summed E-state index contributed by atoms with van der Waals surface area (Å²) < 4.78 is 16.9. The van der Waals surface area contributed by atoms with E-state index < -0.39 is 6.10 Å². The lowest BCUT2D eigenvalue weighted by Gasteiger charge is -2.15. The number of hydrogen-bond donors (Lipinski definition) is 1. The lowest BCUT2D eigenvalue weighted by atomic mass is 10.0. The molecule has 0 unspecified atom stereocenters. The van der Waals surface area contributed by atoms with Gasteiger partial charge in [-0.15, -0.1) is 0 Å². The maximum Gasteiger partial charge on any atom is 0.261 e. The fourth-order valence-corrected chi connectivity index (χ4v) is 3.29. The highest BCUT2D eigenvalue weighted by Crippen LogP contribution is 2.26. The lowest BCUT2D eigenvalue weighted by molar-refractivity contribution is -0.127. The number of carbonyl (C=O) groups is 1. The van der Waals surface area contributed by atoms with Crippen LogP contribution in [0.25, 0.3) is 22.1 Å². The van der Waals surface area contributed by atoms with E-state index in [-0.39, 0.29) is 17.9 Å². The van der Waals surface area contributed by atoms with Crippen molar-refractivity contribution in [1.82, 2.24) is 5.32 Å². The van der Waals surface area contributed by atoms with E-state index in [0.717, 1.165) is 5.56 Å². The van der Waals surface area contributed by atoms with Gasteiger partial charge in [0.05, 0.1) is 23.8 Å². The number of aryl methyl sites for hydroxylation is 1. The van der Waals surface area contributed by atoms with Crippen molar-refractivity contribution in [1.29, 1.82) is 0 Å². The predicted octanol–water partition coefficient (Wildman–Crippen LogP) is 4.45. The molecule has 1 N–H and O–H groups in total. The summed E-state index contributed by atoms with van der Waals surface area (Å²) in [6.45, 7) is 3.70. The molecular formula is C24H21NO5. The van der Waals surface area contributed by atoms with Crippen molar-refractivity contribution in [3.63, 3.8) is 0 Å². The predicted molar refractivity (Wildman–Crippen MR) is 113 cm³/mol. The summed E-state index contributed by atoms with van der Waals surface area (Å²) in [6.07, 6.45) is 0.823. The number of ether oxygens (including phenoxy) is 1. The molecule has 0 fully saturated rings. The van der Waals surface area contributed by atoms with Gasteiger partial charge in [-0.25, -0.2) is 0 Å². The van der Waals surface area contributed by atoms with Gasteiger partial charge in [0.2, 0.25) is 5.43 Å². The second-order valence-electron chi connectivity index (χ2n) is 6.94. The molecule has 0 spiro atoms. The zero-order chi connectivity index (χ0) is 21.1. The molecule has 0 aliphatic heterocycles. The lowest BCUT2D eigenvalue weighted by Crippen LogP contribution is -2.35. The van der Waals surface area contributed by atoms with E-state index in [2.05, 4.69) is 5.32 Å². The Morgan fingerprint density at radius 2 is 1.90 bits per heavy atom. The number of fused-ring (bicyclic) bond motifs is 1. The van der Waals surface area contributed by atoms with Crippen molar-refractivity contribution in [2.45, 2.75) is 26.5 Å². The van der Waals surface area contributed by atoms with Crippen LogP contribution in [0.5, 0.6) is 5.75 Å². The van der Waals surface area contributed by atoms with Gasteiger partial charge >= 0.3 is 0 Å². The van der Waals surface area contributed by atoms with Crippen molar-refractivity contribution in [3.8, 4) is 16.9 Å². The molecule has 0 aliphatic carbocycles. The molecule has 2 aromatic carbocycles. The van der Waals surface area contributed by atoms with Crippen LogP contribution in [0.3, 0.4) is 0 Å². The number of carbonyl (C=O) groups excluding carboxylic acids is 1. The van der Waals surface area contributed by atoms with E-state index in [4.69, 9.17) is 13.6 Å². The van der Waals surface area contributed by atoms with E-state index in [9.17, 15) is 9.59 Å². The van der Waals surface area contributed by atoms with Crippen LogP contribution < -0.4 is 15.5 Å². The van der Waals surface area contributed by atoms with Crippen molar-refractivity contribution in [2.75, 3.05) is 0 Å². The average molecular weight is 403 g/mol. The fourth-order valence-electron chi connectivity index (χ4n) is 3.29. The number of nitrogens with one attached hydrogen (secondary N) is 1. The Morgan fingerprint density at radius 3 is 2.63 bits per heavy atom. The summed E-state index contributed by atoms with van der Waals surface area (Å²) in [5.74, 6) is 1.36. The third-order valence-electron chi connectivity index (χ3n) is 4.80. The monoisotopic (exact) mass is 403 g/mol. The molecular weight excluding hydrogens is 382 g/mol. The first kappa shape index (κ1) is 19.5. The summed E-state index contributed by atoms with van der Waals surface area (Å²) in [7, 11) is 0. The van der Waals surface area contributed by atoms with Crippen molar-refractivity contribution >= 4 is 16.9 Å². The van der Waals surface area contributed by atoms with E-state index >= 15 is 0 Å². The van der Waals surface area contributed by atoms with Crippen molar-refractivity contribution in [2.24, 2.45) is 0 Å². The number of amides is 1. The van der Waals surface area contributed by atoms with Crippen LogP contribution in [-0.4, -0.2) is 12.0 Å². The highest BCUT2D eigenvalue weighted by molar-refractivity contribution is 5.84. The molecule has 30 heavy (non-hydrogen) atoms. The topological polar surface area (TPSA) is 81.7 Å². The maximum atomic E-state index is 13.0. The molecule has 4 aromatic rings. The maximum absolute atomic E-state index is 13.0.